The highest BCUT2D eigenvalue weighted by molar-refractivity contribution is 7.98. The Kier molecular flexibility index (Phi) is 3.11. The van der Waals surface area contributed by atoms with Crippen molar-refractivity contribution < 1.29 is 4.21 Å². The molecule has 0 saturated carbocycles. The van der Waals surface area contributed by atoms with E-state index in [0.29, 0.717) is 6.54 Å². The molecule has 1 aliphatic heterocycles. The Bertz CT molecular complexity index is 555. The van der Waals surface area contributed by atoms with Crippen molar-refractivity contribution in [3.8, 4) is 0 Å². The van der Waals surface area contributed by atoms with Gasteiger partial charge < -0.3 is 0 Å². The summed E-state index contributed by atoms with van der Waals surface area (Å²) in [6, 6.07) is 9.42. The lowest BCUT2D eigenvalue weighted by molar-refractivity contribution is 0.568. The van der Waals surface area contributed by atoms with Gasteiger partial charge in [-0.05, 0) is 36.1 Å². The monoisotopic (exact) mass is 247 g/mol. The molecule has 1 atom stereocenters. The van der Waals surface area contributed by atoms with Gasteiger partial charge in [0.1, 0.15) is 0 Å². The Labute approximate surface area is 103 Å². The molecule has 3 heteroatoms. The third-order valence-electron chi connectivity index (χ3n) is 2.87. The van der Waals surface area contributed by atoms with Gasteiger partial charge in [-0.3, -0.25) is 4.31 Å². The fourth-order valence-electron chi connectivity index (χ4n) is 1.97. The average Bonchev–Trinajstić information content (AvgIpc) is 2.72. The number of nitrogens with zero attached hydrogens (tertiary/aromatic N) is 1. The summed E-state index contributed by atoms with van der Waals surface area (Å²) in [6.45, 7) is 6.60. The minimum absolute atomic E-state index is 0.612. The third kappa shape index (κ3) is 2.15. The van der Waals surface area contributed by atoms with Gasteiger partial charge in [-0.15, -0.1) is 0 Å². The van der Waals surface area contributed by atoms with Crippen LogP contribution in [0.2, 0.25) is 0 Å². The van der Waals surface area contributed by atoms with Gasteiger partial charge >= 0.3 is 0 Å². The van der Waals surface area contributed by atoms with Crippen LogP contribution in [0.1, 0.15) is 13.3 Å². The minimum atomic E-state index is -2.43. The first-order chi connectivity index (χ1) is 8.05. The maximum absolute atomic E-state index is 12.8. The van der Waals surface area contributed by atoms with Gasteiger partial charge in [-0.1, -0.05) is 31.7 Å². The summed E-state index contributed by atoms with van der Waals surface area (Å²) in [5.74, 6) is 3.93. The van der Waals surface area contributed by atoms with Gasteiger partial charge in [-0.25, -0.2) is 4.21 Å². The highest BCUT2D eigenvalue weighted by Crippen LogP contribution is 2.28. The Morgan fingerprint density at radius 2 is 2.00 bits per heavy atom. The molecular formula is C14H17NOS. The van der Waals surface area contributed by atoms with Crippen LogP contribution in [0.4, 0.5) is 0 Å². The summed E-state index contributed by atoms with van der Waals surface area (Å²) in [6.07, 6.45) is 2.85. The van der Waals surface area contributed by atoms with Gasteiger partial charge in [0.25, 0.3) is 0 Å². The fourth-order valence-corrected chi connectivity index (χ4v) is 3.74. The van der Waals surface area contributed by atoms with Crippen molar-refractivity contribution >= 4 is 15.6 Å². The molecule has 2 nitrogen and oxygen atoms in total. The first-order valence-electron chi connectivity index (χ1n) is 5.64. The van der Waals surface area contributed by atoms with E-state index < -0.39 is 9.71 Å². The Hall–Kier alpha value is -1.48. The highest BCUT2D eigenvalue weighted by Gasteiger charge is 2.24. The van der Waals surface area contributed by atoms with E-state index in [2.05, 4.69) is 19.4 Å². The molecule has 1 unspecified atom stereocenters. The van der Waals surface area contributed by atoms with E-state index in [1.165, 1.54) is 0 Å². The number of benzene rings is 1. The van der Waals surface area contributed by atoms with E-state index in [-0.39, 0.29) is 0 Å². The van der Waals surface area contributed by atoms with Crippen LogP contribution >= 0.6 is 0 Å². The maximum atomic E-state index is 12.8. The zero-order valence-electron chi connectivity index (χ0n) is 10.1. The first kappa shape index (κ1) is 12.0. The predicted octanol–water partition coefficient (Wildman–Crippen LogP) is 2.84. The van der Waals surface area contributed by atoms with Crippen molar-refractivity contribution in [2.45, 2.75) is 18.2 Å². The second-order valence-electron chi connectivity index (χ2n) is 4.14. The molecule has 0 aromatic heterocycles. The molecule has 0 N–H and O–H groups in total. The SMILES string of the molecule is C=C1C=C(CC)N(S(=C)(=O)c2ccccc2)C1. The normalized spacial score (nSPS) is 19.0. The molecule has 0 radical (unpaired) electrons. The van der Waals surface area contributed by atoms with Gasteiger partial charge in [0.05, 0.1) is 16.3 Å². The van der Waals surface area contributed by atoms with Crippen LogP contribution in [0.25, 0.3) is 0 Å². The summed E-state index contributed by atoms with van der Waals surface area (Å²) in [5.41, 5.74) is 2.05. The number of hydrogen-bond acceptors (Lipinski definition) is 1. The van der Waals surface area contributed by atoms with E-state index in [1.807, 2.05) is 40.7 Å². The average molecular weight is 247 g/mol. The van der Waals surface area contributed by atoms with Crippen molar-refractivity contribution in [1.29, 1.82) is 0 Å². The topological polar surface area (TPSA) is 20.3 Å². The molecule has 1 aromatic carbocycles. The van der Waals surface area contributed by atoms with E-state index in [4.69, 9.17) is 0 Å². The molecule has 17 heavy (non-hydrogen) atoms. The second-order valence-corrected chi connectivity index (χ2v) is 6.33. The minimum Gasteiger partial charge on any atom is -0.295 e. The lowest BCUT2D eigenvalue weighted by atomic mass is 10.3. The van der Waals surface area contributed by atoms with Crippen molar-refractivity contribution in [2.75, 3.05) is 6.54 Å². The van der Waals surface area contributed by atoms with Crippen molar-refractivity contribution in [3.63, 3.8) is 0 Å². The third-order valence-corrected chi connectivity index (χ3v) is 4.95. The maximum Gasteiger partial charge on any atom is 0.0763 e. The van der Waals surface area contributed by atoms with Crippen LogP contribution in [0.5, 0.6) is 0 Å². The van der Waals surface area contributed by atoms with E-state index in [1.54, 1.807) is 0 Å². The molecule has 1 aliphatic rings. The van der Waals surface area contributed by atoms with E-state index in [0.717, 1.165) is 22.6 Å². The molecule has 0 aliphatic carbocycles. The number of allylic oxidation sites excluding steroid dienone is 1. The van der Waals surface area contributed by atoms with Crippen molar-refractivity contribution in [1.82, 2.24) is 4.31 Å². The van der Waals surface area contributed by atoms with Crippen LogP contribution in [0, 0.1) is 0 Å². The smallest absolute Gasteiger partial charge is 0.0763 e. The molecule has 0 fully saturated rings. The molecule has 0 amide bonds. The predicted molar refractivity (Wildman–Crippen MR) is 74.2 cm³/mol. The summed E-state index contributed by atoms with van der Waals surface area (Å²) >= 11 is 0. The molecule has 1 aromatic rings. The number of hydrogen-bond donors (Lipinski definition) is 0. The Morgan fingerprint density at radius 3 is 2.59 bits per heavy atom. The van der Waals surface area contributed by atoms with Crippen molar-refractivity contribution in [2.24, 2.45) is 0 Å². The Balaban J connectivity index is 2.42. The van der Waals surface area contributed by atoms with Crippen LogP contribution < -0.4 is 0 Å². The van der Waals surface area contributed by atoms with Gasteiger partial charge in [0.2, 0.25) is 0 Å². The van der Waals surface area contributed by atoms with Gasteiger partial charge in [-0.2, -0.15) is 0 Å². The molecule has 0 bridgehead atoms. The Morgan fingerprint density at radius 1 is 1.35 bits per heavy atom. The zero-order chi connectivity index (χ0) is 12.5. The molecular weight excluding hydrogens is 230 g/mol. The summed E-state index contributed by atoms with van der Waals surface area (Å²) < 4.78 is 14.7. The van der Waals surface area contributed by atoms with Gasteiger partial charge in [0, 0.05) is 10.6 Å². The standard InChI is InChI=1S/C14H17NOS/c1-4-13-10-12(2)11-15(13)17(3,16)14-8-6-5-7-9-14/h5-10H,2-4,11H2,1H3. The molecule has 0 saturated heterocycles. The highest BCUT2D eigenvalue weighted by atomic mass is 32.2. The molecule has 90 valence electrons. The van der Waals surface area contributed by atoms with Crippen LogP contribution in [-0.2, 0) is 9.71 Å². The molecule has 0 spiro atoms. The summed E-state index contributed by atoms with van der Waals surface area (Å²) in [7, 11) is -2.43. The molecule has 1 heterocycles. The fraction of sp³-hybridized carbons (Fsp3) is 0.214. The summed E-state index contributed by atoms with van der Waals surface area (Å²) in [4.78, 5) is 0.772. The molecule has 2 rings (SSSR count). The number of rotatable bonds is 3. The lowest BCUT2D eigenvalue weighted by Gasteiger charge is -2.26. The quantitative estimate of drug-likeness (QED) is 0.752. The zero-order valence-corrected chi connectivity index (χ0v) is 10.9. The van der Waals surface area contributed by atoms with E-state index >= 15 is 0 Å². The first-order valence-corrected chi connectivity index (χ1v) is 7.32. The largest absolute Gasteiger partial charge is 0.295 e. The second kappa shape index (κ2) is 4.41. The van der Waals surface area contributed by atoms with Crippen LogP contribution in [0.15, 0.2) is 59.2 Å². The lowest BCUT2D eigenvalue weighted by Crippen LogP contribution is -2.28. The van der Waals surface area contributed by atoms with Crippen LogP contribution in [0.3, 0.4) is 0 Å². The van der Waals surface area contributed by atoms with E-state index in [9.17, 15) is 4.21 Å². The van der Waals surface area contributed by atoms with Crippen molar-refractivity contribution in [3.05, 3.63) is 54.3 Å². The van der Waals surface area contributed by atoms with Crippen LogP contribution in [-0.4, -0.2) is 20.9 Å². The summed E-state index contributed by atoms with van der Waals surface area (Å²) in [5, 5.41) is 0. The van der Waals surface area contributed by atoms with Gasteiger partial charge in [0.15, 0.2) is 0 Å².